The summed E-state index contributed by atoms with van der Waals surface area (Å²) in [7, 11) is 1.53. The van der Waals surface area contributed by atoms with Crippen LogP contribution in [0.4, 0.5) is 10.7 Å². The van der Waals surface area contributed by atoms with Crippen molar-refractivity contribution in [2.45, 2.75) is 6.92 Å². The van der Waals surface area contributed by atoms with Crippen LogP contribution >= 0.6 is 0 Å². The highest BCUT2D eigenvalue weighted by molar-refractivity contribution is 5.96. The summed E-state index contributed by atoms with van der Waals surface area (Å²) in [6.45, 7) is 2.43. The molecule has 0 unspecified atom stereocenters. The molecule has 1 amide bonds. The van der Waals surface area contributed by atoms with Crippen LogP contribution in [-0.2, 0) is 9.47 Å². The van der Waals surface area contributed by atoms with Gasteiger partial charge in [-0.3, -0.25) is 10.1 Å². The molecule has 0 bridgehead atoms. The number of carbonyl (C=O) groups is 1. The van der Waals surface area contributed by atoms with Gasteiger partial charge >= 0.3 is 6.09 Å². The molecular weight excluding hydrogens is 374 g/mol. The molecule has 9 nitrogen and oxygen atoms in total. The Balaban J connectivity index is 1.67. The fraction of sp³-hybridized carbons (Fsp3) is 0.200. The number of hydrogen-bond acceptors (Lipinski definition) is 6. The van der Waals surface area contributed by atoms with Crippen molar-refractivity contribution in [1.82, 2.24) is 20.2 Å². The number of methoxy groups -OCH3 is 1. The van der Waals surface area contributed by atoms with Crippen molar-refractivity contribution in [3.05, 3.63) is 52.3 Å². The summed E-state index contributed by atoms with van der Waals surface area (Å²) in [5, 5.41) is 10.7. The maximum Gasteiger partial charge on any atom is 0.414 e. The molecule has 4 aromatic rings. The van der Waals surface area contributed by atoms with E-state index in [1.807, 2.05) is 37.3 Å². The Hall–Kier alpha value is -3.72. The van der Waals surface area contributed by atoms with Gasteiger partial charge in [-0.2, -0.15) is 5.10 Å². The van der Waals surface area contributed by atoms with Crippen LogP contribution in [0.15, 0.2) is 41.2 Å². The van der Waals surface area contributed by atoms with E-state index >= 15 is 0 Å². The number of hydrogen-bond donors (Lipinski definition) is 3. The molecule has 0 saturated heterocycles. The zero-order valence-corrected chi connectivity index (χ0v) is 15.9. The minimum atomic E-state index is -0.620. The van der Waals surface area contributed by atoms with Crippen LogP contribution in [0.5, 0.6) is 0 Å². The van der Waals surface area contributed by atoms with Crippen molar-refractivity contribution < 1.29 is 14.3 Å². The lowest BCUT2D eigenvalue weighted by atomic mass is 10.0. The van der Waals surface area contributed by atoms with E-state index in [0.29, 0.717) is 23.2 Å². The third kappa shape index (κ3) is 3.81. The number of nitrogens with zero attached hydrogens (tertiary/aromatic N) is 2. The summed E-state index contributed by atoms with van der Waals surface area (Å²) in [6, 6.07) is 11.2. The number of fused-ring (bicyclic) bond motifs is 2. The van der Waals surface area contributed by atoms with Gasteiger partial charge in [0.2, 0.25) is 5.95 Å². The first-order chi connectivity index (χ1) is 14.0. The fourth-order valence-corrected chi connectivity index (χ4v) is 3.06. The third-order valence-corrected chi connectivity index (χ3v) is 4.44. The molecule has 0 spiro atoms. The average molecular weight is 393 g/mol. The van der Waals surface area contributed by atoms with Gasteiger partial charge in [-0.1, -0.05) is 17.7 Å². The summed E-state index contributed by atoms with van der Waals surface area (Å²) in [6.07, 6.45) is -0.620. The van der Waals surface area contributed by atoms with E-state index in [1.165, 1.54) is 7.11 Å². The smallest absolute Gasteiger partial charge is 0.414 e. The zero-order chi connectivity index (χ0) is 20.4. The molecule has 0 fully saturated rings. The molecule has 2 heterocycles. The van der Waals surface area contributed by atoms with Gasteiger partial charge in [-0.25, -0.2) is 14.9 Å². The second-order valence-corrected chi connectivity index (χ2v) is 6.52. The Kier molecular flexibility index (Phi) is 4.96. The molecule has 9 heteroatoms. The van der Waals surface area contributed by atoms with Gasteiger partial charge < -0.3 is 14.5 Å². The first-order valence-corrected chi connectivity index (χ1v) is 8.97. The predicted octanol–water partition coefficient (Wildman–Crippen LogP) is 2.97. The highest BCUT2D eigenvalue weighted by Crippen LogP contribution is 2.28. The Morgan fingerprint density at radius 1 is 1.14 bits per heavy atom. The Morgan fingerprint density at radius 2 is 2.00 bits per heavy atom. The van der Waals surface area contributed by atoms with Crippen molar-refractivity contribution in [2.75, 3.05) is 25.6 Å². The maximum absolute atomic E-state index is 12.1. The van der Waals surface area contributed by atoms with Gasteiger partial charge in [0.05, 0.1) is 28.7 Å². The fourth-order valence-electron chi connectivity index (χ4n) is 3.06. The number of rotatable bonds is 5. The Bertz CT molecular complexity index is 1260. The van der Waals surface area contributed by atoms with Crippen molar-refractivity contribution in [2.24, 2.45) is 0 Å². The van der Waals surface area contributed by atoms with E-state index in [4.69, 9.17) is 9.47 Å². The Morgan fingerprint density at radius 3 is 2.83 bits per heavy atom. The number of aromatic amines is 2. The van der Waals surface area contributed by atoms with Crippen LogP contribution in [0.1, 0.15) is 5.56 Å². The largest absolute Gasteiger partial charge is 0.447 e. The van der Waals surface area contributed by atoms with Gasteiger partial charge in [-0.05, 0) is 31.2 Å². The number of H-pyrrole nitrogens is 2. The number of imidazole rings is 1. The number of aryl methyl sites for hydroxylation is 1. The molecule has 0 saturated carbocycles. The van der Waals surface area contributed by atoms with E-state index < -0.39 is 6.09 Å². The van der Waals surface area contributed by atoms with Crippen molar-refractivity contribution in [3.8, 4) is 11.3 Å². The molecule has 0 aliphatic carbocycles. The van der Waals surface area contributed by atoms with E-state index in [-0.39, 0.29) is 18.1 Å². The zero-order valence-electron chi connectivity index (χ0n) is 15.9. The SMILES string of the molecule is COCCOC(=O)Nc1nc2cc(-c3n[nH]c(=O)c4ccc(C)cc34)ccc2[nH]1. The molecule has 0 radical (unpaired) electrons. The second-order valence-electron chi connectivity index (χ2n) is 6.52. The van der Waals surface area contributed by atoms with Crippen LogP contribution in [-0.4, -0.2) is 46.6 Å². The summed E-state index contributed by atoms with van der Waals surface area (Å²) < 4.78 is 9.80. The standard InChI is InChI=1S/C20H19N5O4/c1-11-3-5-13-14(9-11)17(24-25-18(13)26)12-4-6-15-16(10-12)22-19(21-15)23-20(27)29-8-7-28-2/h3-6,9-10H,7-8H2,1-2H3,(H,25,26)(H2,21,22,23,27). The van der Waals surface area contributed by atoms with E-state index in [0.717, 1.165) is 22.0 Å². The number of nitrogens with one attached hydrogen (secondary N) is 3. The molecule has 0 aliphatic rings. The van der Waals surface area contributed by atoms with Crippen LogP contribution in [0.2, 0.25) is 0 Å². The minimum absolute atomic E-state index is 0.150. The van der Waals surface area contributed by atoms with Gasteiger partial charge in [0, 0.05) is 18.1 Å². The van der Waals surface area contributed by atoms with Crippen molar-refractivity contribution >= 4 is 33.8 Å². The summed E-state index contributed by atoms with van der Waals surface area (Å²) in [5.41, 5.74) is 3.63. The molecule has 0 atom stereocenters. The molecular formula is C20H19N5O4. The highest BCUT2D eigenvalue weighted by atomic mass is 16.6. The second kappa shape index (κ2) is 7.72. The number of anilines is 1. The molecule has 3 N–H and O–H groups in total. The lowest BCUT2D eigenvalue weighted by molar-refractivity contribution is 0.107. The molecule has 4 rings (SSSR count). The lowest BCUT2D eigenvalue weighted by Crippen LogP contribution is -2.17. The number of ether oxygens (including phenoxy) is 2. The Labute approximate surface area is 165 Å². The van der Waals surface area contributed by atoms with Crippen LogP contribution < -0.4 is 10.9 Å². The molecule has 29 heavy (non-hydrogen) atoms. The van der Waals surface area contributed by atoms with Crippen LogP contribution in [0, 0.1) is 6.92 Å². The van der Waals surface area contributed by atoms with Crippen molar-refractivity contribution in [3.63, 3.8) is 0 Å². The van der Waals surface area contributed by atoms with Crippen LogP contribution in [0.25, 0.3) is 33.1 Å². The predicted molar refractivity (Wildman–Crippen MR) is 109 cm³/mol. The topological polar surface area (TPSA) is 122 Å². The third-order valence-electron chi connectivity index (χ3n) is 4.44. The molecule has 2 aromatic heterocycles. The number of benzene rings is 2. The normalized spacial score (nSPS) is 11.1. The monoisotopic (exact) mass is 393 g/mol. The molecule has 0 aliphatic heterocycles. The minimum Gasteiger partial charge on any atom is -0.447 e. The first kappa shape index (κ1) is 18.6. The van der Waals surface area contributed by atoms with Gasteiger partial charge in [0.1, 0.15) is 6.61 Å². The van der Waals surface area contributed by atoms with Crippen molar-refractivity contribution in [1.29, 1.82) is 0 Å². The highest BCUT2D eigenvalue weighted by Gasteiger charge is 2.12. The van der Waals surface area contributed by atoms with Crippen LogP contribution in [0.3, 0.4) is 0 Å². The number of carbonyl (C=O) groups excluding carboxylic acids is 1. The quantitative estimate of drug-likeness (QED) is 0.448. The lowest BCUT2D eigenvalue weighted by Gasteiger charge is -2.06. The van der Waals surface area contributed by atoms with E-state index in [9.17, 15) is 9.59 Å². The first-order valence-electron chi connectivity index (χ1n) is 8.97. The average Bonchev–Trinajstić information content (AvgIpc) is 3.09. The number of amides is 1. The molecule has 2 aromatic carbocycles. The number of aromatic nitrogens is 4. The summed E-state index contributed by atoms with van der Waals surface area (Å²) in [5.74, 6) is 0.273. The summed E-state index contributed by atoms with van der Waals surface area (Å²) >= 11 is 0. The van der Waals surface area contributed by atoms with Gasteiger partial charge in [0.25, 0.3) is 5.56 Å². The van der Waals surface area contributed by atoms with Gasteiger partial charge in [0.15, 0.2) is 0 Å². The maximum atomic E-state index is 12.1. The van der Waals surface area contributed by atoms with E-state index in [2.05, 4.69) is 25.5 Å². The molecule has 148 valence electrons. The summed E-state index contributed by atoms with van der Waals surface area (Å²) in [4.78, 5) is 31.3. The van der Waals surface area contributed by atoms with Gasteiger partial charge in [-0.15, -0.1) is 0 Å². The van der Waals surface area contributed by atoms with E-state index in [1.54, 1.807) is 6.07 Å².